The normalized spacial score (nSPS) is 13.4. The summed E-state index contributed by atoms with van der Waals surface area (Å²) in [4.78, 5) is 61.7. The van der Waals surface area contributed by atoms with Crippen molar-refractivity contribution >= 4 is 67.9 Å². The van der Waals surface area contributed by atoms with E-state index in [9.17, 15) is 19.2 Å². The van der Waals surface area contributed by atoms with Gasteiger partial charge in [0.25, 0.3) is 23.6 Å². The second kappa shape index (κ2) is 14.0. The number of hydrogen-bond acceptors (Lipinski definition) is 6. The van der Waals surface area contributed by atoms with Crippen LogP contribution in [-0.4, -0.2) is 23.6 Å². The van der Waals surface area contributed by atoms with Gasteiger partial charge in [-0.15, -0.1) is 0 Å². The monoisotopic (exact) mass is 802 g/mol. The number of fused-ring (bicyclic) bond motifs is 4. The lowest BCUT2D eigenvalue weighted by molar-refractivity contribution is 0.0909. The van der Waals surface area contributed by atoms with E-state index in [1.807, 2.05) is 121 Å². The Morgan fingerprint density at radius 2 is 0.645 bits per heavy atom. The fourth-order valence-corrected chi connectivity index (χ4v) is 8.93. The Bertz CT molecular complexity index is 3170. The van der Waals surface area contributed by atoms with Gasteiger partial charge in [0.2, 0.25) is 0 Å². The summed E-state index contributed by atoms with van der Waals surface area (Å²) >= 11 is 0. The predicted molar refractivity (Wildman–Crippen MR) is 247 cm³/mol. The number of amides is 4. The average molecular weight is 803 g/mol. The molecule has 2 heterocycles. The molecular weight excluding hydrogens is 769 g/mol. The van der Waals surface area contributed by atoms with Crippen molar-refractivity contribution in [1.29, 1.82) is 0 Å². The van der Waals surface area contributed by atoms with E-state index in [4.69, 9.17) is 11.5 Å². The first-order valence-electron chi connectivity index (χ1n) is 20.2. The number of rotatable bonds is 6. The molecule has 2 aliphatic heterocycles. The topological polar surface area (TPSA) is 127 Å². The third-order valence-electron chi connectivity index (χ3n) is 12.0. The van der Waals surface area contributed by atoms with Crippen LogP contribution in [0.5, 0.6) is 0 Å². The number of nitrogens with two attached hydrogens (primary N) is 2. The zero-order valence-electron chi connectivity index (χ0n) is 33.0. The predicted octanol–water partition coefficient (Wildman–Crippen LogP) is 11.4. The van der Waals surface area contributed by atoms with Gasteiger partial charge in [-0.1, -0.05) is 121 Å². The lowest BCUT2D eigenvalue weighted by Crippen LogP contribution is -2.32. The zero-order chi connectivity index (χ0) is 42.2. The van der Waals surface area contributed by atoms with Gasteiger partial charge in [-0.25, -0.2) is 9.80 Å². The van der Waals surface area contributed by atoms with Crippen molar-refractivity contribution in [2.45, 2.75) is 0 Å². The van der Waals surface area contributed by atoms with Gasteiger partial charge in [-0.2, -0.15) is 0 Å². The first-order chi connectivity index (χ1) is 30.2. The summed E-state index contributed by atoms with van der Waals surface area (Å²) in [6, 6.07) is 56.2. The van der Waals surface area contributed by atoms with Crippen molar-refractivity contribution in [2.24, 2.45) is 0 Å². The van der Waals surface area contributed by atoms with E-state index in [1.54, 1.807) is 60.7 Å². The highest BCUT2D eigenvalue weighted by Crippen LogP contribution is 2.48. The Hall–Kier alpha value is -8.62. The third kappa shape index (κ3) is 5.69. The summed E-state index contributed by atoms with van der Waals surface area (Å²) in [5.41, 5.74) is 20.5. The molecule has 9 aromatic rings. The van der Waals surface area contributed by atoms with E-state index in [0.29, 0.717) is 45.0 Å². The van der Waals surface area contributed by atoms with Crippen LogP contribution in [0.1, 0.15) is 41.4 Å². The van der Waals surface area contributed by atoms with Crippen LogP contribution in [0.25, 0.3) is 66.1 Å². The second-order valence-electron chi connectivity index (χ2n) is 15.6. The van der Waals surface area contributed by atoms with Crippen molar-refractivity contribution in [3.05, 3.63) is 204 Å². The van der Waals surface area contributed by atoms with E-state index in [-0.39, 0.29) is 22.3 Å². The maximum absolute atomic E-state index is 14.9. The Morgan fingerprint density at radius 3 is 1.06 bits per heavy atom. The highest BCUT2D eigenvalue weighted by molar-refractivity contribution is 6.38. The zero-order valence-corrected chi connectivity index (χ0v) is 33.0. The van der Waals surface area contributed by atoms with Crippen LogP contribution >= 0.6 is 0 Å². The molecule has 0 aliphatic carbocycles. The minimum Gasteiger partial charge on any atom is -0.399 e. The number of carbonyl (C=O) groups excluding carboxylic acids is 4. The molecule has 0 radical (unpaired) electrons. The van der Waals surface area contributed by atoms with Crippen LogP contribution in [0.2, 0.25) is 0 Å². The minimum atomic E-state index is -0.490. The van der Waals surface area contributed by atoms with E-state index < -0.39 is 23.6 Å². The molecule has 8 nitrogen and oxygen atoms in total. The molecule has 0 fully saturated rings. The Labute approximate surface area is 355 Å². The lowest BCUT2D eigenvalue weighted by atomic mass is 9.90. The number of nitrogen functional groups attached to an aromatic ring is 2. The van der Waals surface area contributed by atoms with E-state index >= 15 is 0 Å². The number of carbonyl (C=O) groups is 4. The third-order valence-corrected chi connectivity index (χ3v) is 12.0. The van der Waals surface area contributed by atoms with Gasteiger partial charge in [-0.05, 0) is 116 Å². The number of imide groups is 2. The van der Waals surface area contributed by atoms with Gasteiger partial charge < -0.3 is 11.5 Å². The maximum Gasteiger partial charge on any atom is 0.266 e. The van der Waals surface area contributed by atoms with Gasteiger partial charge in [0.15, 0.2) is 0 Å². The molecule has 294 valence electrons. The van der Waals surface area contributed by atoms with Crippen LogP contribution in [0, 0.1) is 0 Å². The van der Waals surface area contributed by atoms with Crippen molar-refractivity contribution in [1.82, 2.24) is 0 Å². The van der Waals surface area contributed by atoms with Gasteiger partial charge in [0.05, 0.1) is 33.6 Å². The molecule has 0 spiro atoms. The smallest absolute Gasteiger partial charge is 0.266 e. The highest BCUT2D eigenvalue weighted by Gasteiger charge is 2.42. The van der Waals surface area contributed by atoms with Crippen molar-refractivity contribution < 1.29 is 19.2 Å². The largest absolute Gasteiger partial charge is 0.399 e. The number of anilines is 4. The fraction of sp³-hybridized carbons (Fsp3) is 0. The minimum absolute atomic E-state index is 0.265. The van der Waals surface area contributed by atoms with Crippen molar-refractivity contribution in [2.75, 3.05) is 21.3 Å². The molecule has 0 aromatic heterocycles. The molecule has 0 saturated heterocycles. The van der Waals surface area contributed by atoms with Crippen LogP contribution in [0.4, 0.5) is 22.7 Å². The number of hydrogen-bond donors (Lipinski definition) is 2. The molecule has 2 aliphatic rings. The van der Waals surface area contributed by atoms with Crippen LogP contribution in [-0.2, 0) is 0 Å². The molecule has 4 N–H and O–H groups in total. The Morgan fingerprint density at radius 1 is 0.290 bits per heavy atom. The number of benzene rings is 9. The van der Waals surface area contributed by atoms with Gasteiger partial charge in [0, 0.05) is 22.5 Å². The van der Waals surface area contributed by atoms with Gasteiger partial charge >= 0.3 is 0 Å². The fourth-order valence-electron chi connectivity index (χ4n) is 8.93. The summed E-state index contributed by atoms with van der Waals surface area (Å²) < 4.78 is 0. The van der Waals surface area contributed by atoms with Crippen LogP contribution in [0.3, 0.4) is 0 Å². The molecule has 0 bridgehead atoms. The van der Waals surface area contributed by atoms with Crippen LogP contribution < -0.4 is 21.3 Å². The molecule has 62 heavy (non-hydrogen) atoms. The molecule has 8 heteroatoms. The first-order valence-corrected chi connectivity index (χ1v) is 20.2. The summed E-state index contributed by atoms with van der Waals surface area (Å²) in [5.74, 6) is -1.95. The van der Waals surface area contributed by atoms with Gasteiger partial charge in [-0.3, -0.25) is 19.2 Å². The molecule has 11 rings (SSSR count). The first kappa shape index (κ1) is 36.5. The number of nitrogens with zero attached hydrogens (tertiary/aromatic N) is 2. The molecule has 9 aromatic carbocycles. The van der Waals surface area contributed by atoms with E-state index in [2.05, 4.69) is 0 Å². The van der Waals surface area contributed by atoms with E-state index in [0.717, 1.165) is 43.8 Å². The molecule has 0 unspecified atom stereocenters. The molecule has 0 saturated carbocycles. The van der Waals surface area contributed by atoms with Crippen molar-refractivity contribution in [3.63, 3.8) is 0 Å². The standard InChI is InChI=1S/C54H34N4O4/c55-37-21-15-31(16-22-37)35-19-25-43-47(27-35)53(61)57(51(43)59)49-30-46(42-14-6-10-34-8-2-4-12-40(34)42)50(29-45(49)41-13-5-9-33-7-1-3-11-39(33)41)58-52(60)44-26-20-36(28-48(44)54(58)62)32-17-23-38(56)24-18-32/h1-30H,55-56H2. The summed E-state index contributed by atoms with van der Waals surface area (Å²) in [6.45, 7) is 0. The Kier molecular flexibility index (Phi) is 8.23. The summed E-state index contributed by atoms with van der Waals surface area (Å²) in [7, 11) is 0. The average Bonchev–Trinajstić information content (AvgIpc) is 3.71. The van der Waals surface area contributed by atoms with Gasteiger partial charge in [0.1, 0.15) is 0 Å². The lowest BCUT2D eigenvalue weighted by Gasteiger charge is -2.26. The molecule has 0 atom stereocenters. The quantitative estimate of drug-likeness (QED) is 0.127. The second-order valence-corrected chi connectivity index (χ2v) is 15.6. The van der Waals surface area contributed by atoms with Crippen LogP contribution in [0.15, 0.2) is 182 Å². The Balaban J connectivity index is 1.16. The molecule has 4 amide bonds. The van der Waals surface area contributed by atoms with E-state index in [1.165, 1.54) is 9.80 Å². The highest BCUT2D eigenvalue weighted by atomic mass is 16.2. The SMILES string of the molecule is Nc1ccc(-c2ccc3c(c2)C(=O)N(c2cc(-c4cccc5ccccc45)c(N4C(=O)c5ccc(-c6ccc(N)cc6)cc5C4=O)cc2-c2cccc4ccccc24)C3=O)cc1. The summed E-state index contributed by atoms with van der Waals surface area (Å²) in [5, 5.41) is 3.58. The summed E-state index contributed by atoms with van der Waals surface area (Å²) in [6.07, 6.45) is 0. The molecular formula is C54H34N4O4. The maximum atomic E-state index is 14.9. The van der Waals surface area contributed by atoms with Crippen molar-refractivity contribution in [3.8, 4) is 44.5 Å².